The van der Waals surface area contributed by atoms with Crippen molar-refractivity contribution in [3.63, 3.8) is 0 Å². The van der Waals surface area contributed by atoms with Gasteiger partial charge in [0.15, 0.2) is 0 Å². The minimum Gasteiger partial charge on any atom is -0.444 e. The van der Waals surface area contributed by atoms with Gasteiger partial charge in [-0.25, -0.2) is 14.8 Å². The van der Waals surface area contributed by atoms with Crippen molar-refractivity contribution in [3.8, 4) is 11.8 Å². The van der Waals surface area contributed by atoms with Crippen molar-refractivity contribution in [3.05, 3.63) is 36.0 Å². The number of halogens is 1. The predicted octanol–water partition coefficient (Wildman–Crippen LogP) is 3.47. The molecule has 0 atom stereocenters. The summed E-state index contributed by atoms with van der Waals surface area (Å²) in [6.07, 6.45) is 5.93. The molecule has 0 bridgehead atoms. The first-order chi connectivity index (χ1) is 17.6. The monoisotopic (exact) mass is 511 g/mol. The molecule has 3 heterocycles. The number of hydrogen-bond acceptors (Lipinski definition) is 8. The zero-order chi connectivity index (χ0) is 26.8. The fourth-order valence-electron chi connectivity index (χ4n) is 3.51. The number of amides is 2. The Morgan fingerprint density at radius 1 is 1.19 bits per heavy atom. The second-order valence-electron chi connectivity index (χ2n) is 9.71. The second-order valence-corrected chi connectivity index (χ2v) is 9.71. The van der Waals surface area contributed by atoms with Gasteiger partial charge in [0.2, 0.25) is 17.8 Å². The Kier molecular flexibility index (Phi) is 9.60. The number of aromatic nitrogens is 3. The summed E-state index contributed by atoms with van der Waals surface area (Å²) in [5.41, 5.74) is 0.705. The van der Waals surface area contributed by atoms with Crippen LogP contribution in [0.15, 0.2) is 24.5 Å². The van der Waals surface area contributed by atoms with Gasteiger partial charge in [-0.2, -0.15) is 9.37 Å². The van der Waals surface area contributed by atoms with Crippen LogP contribution in [-0.2, 0) is 9.53 Å². The van der Waals surface area contributed by atoms with Crippen LogP contribution in [0.1, 0.15) is 52.0 Å². The third kappa shape index (κ3) is 9.22. The molecule has 198 valence electrons. The van der Waals surface area contributed by atoms with Crippen LogP contribution in [0.25, 0.3) is 0 Å². The Bertz CT molecular complexity index is 1130. The highest BCUT2D eigenvalue weighted by atomic mass is 19.1. The number of carbonyl (C=O) groups excluding carboxylic acids is 2. The van der Waals surface area contributed by atoms with Gasteiger partial charge in [0.25, 0.3) is 0 Å². The first kappa shape index (κ1) is 27.6. The van der Waals surface area contributed by atoms with E-state index in [2.05, 4.69) is 42.3 Å². The number of likely N-dealkylation sites (N-methyl/N-ethyl adjacent to an activating group) is 1. The van der Waals surface area contributed by atoms with Gasteiger partial charge in [0.05, 0.1) is 23.6 Å². The lowest BCUT2D eigenvalue weighted by Gasteiger charge is -2.24. The summed E-state index contributed by atoms with van der Waals surface area (Å²) in [4.78, 5) is 40.1. The maximum absolute atomic E-state index is 13.1. The minimum absolute atomic E-state index is 0.0779. The summed E-state index contributed by atoms with van der Waals surface area (Å²) in [6.45, 7) is 7.48. The molecule has 0 spiro atoms. The number of nitrogens with zero attached hydrogens (tertiary/aromatic N) is 5. The molecule has 11 heteroatoms. The van der Waals surface area contributed by atoms with E-state index in [1.54, 1.807) is 33.0 Å². The van der Waals surface area contributed by atoms with Crippen LogP contribution >= 0.6 is 0 Å². The fraction of sp³-hybridized carbons (Fsp3) is 0.500. The van der Waals surface area contributed by atoms with Crippen LogP contribution < -0.4 is 15.5 Å². The minimum atomic E-state index is -0.614. The molecule has 0 aromatic carbocycles. The van der Waals surface area contributed by atoms with E-state index in [1.165, 1.54) is 24.2 Å². The zero-order valence-corrected chi connectivity index (χ0v) is 21.8. The predicted molar refractivity (Wildman–Crippen MR) is 139 cm³/mol. The molecule has 2 amide bonds. The van der Waals surface area contributed by atoms with E-state index in [-0.39, 0.29) is 12.5 Å². The summed E-state index contributed by atoms with van der Waals surface area (Å²) in [5, 5.41) is 5.84. The standard InChI is InChI=1S/C26H34FN7O3/c1-26(2,3)37-25(36)33(4)18-22(35)28-13-7-5-6-10-19-16-30-24(31-20-11-12-21(27)29-17-20)32-23(19)34-14-8-9-15-34/h11-12,16-17H,5,7-9,13-15,18H2,1-4H3,(H,28,35)(H,30,31,32). The molecule has 37 heavy (non-hydrogen) atoms. The Labute approximate surface area is 217 Å². The molecule has 1 fully saturated rings. The maximum Gasteiger partial charge on any atom is 0.410 e. The van der Waals surface area contributed by atoms with Gasteiger partial charge >= 0.3 is 6.09 Å². The van der Waals surface area contributed by atoms with Crippen molar-refractivity contribution in [1.82, 2.24) is 25.2 Å². The number of pyridine rings is 1. The molecule has 0 unspecified atom stereocenters. The molecule has 3 rings (SSSR count). The molecule has 0 saturated carbocycles. The highest BCUT2D eigenvalue weighted by molar-refractivity contribution is 5.82. The van der Waals surface area contributed by atoms with Gasteiger partial charge in [-0.3, -0.25) is 4.79 Å². The highest BCUT2D eigenvalue weighted by Gasteiger charge is 2.21. The number of rotatable bonds is 8. The number of anilines is 3. The lowest BCUT2D eigenvalue weighted by molar-refractivity contribution is -0.122. The Morgan fingerprint density at radius 2 is 1.95 bits per heavy atom. The van der Waals surface area contributed by atoms with Gasteiger partial charge in [0.1, 0.15) is 18.0 Å². The summed E-state index contributed by atoms with van der Waals surface area (Å²) >= 11 is 0. The Hall–Kier alpha value is -3.94. The van der Waals surface area contributed by atoms with Crippen LogP contribution in [0.4, 0.5) is 26.6 Å². The van der Waals surface area contributed by atoms with Crippen LogP contribution in [0.5, 0.6) is 0 Å². The SMILES string of the molecule is CN(CC(=O)NCCCC#Cc1cnc(Nc2ccc(F)nc2)nc1N1CCCC1)C(=O)OC(C)(C)C. The average molecular weight is 512 g/mol. The largest absolute Gasteiger partial charge is 0.444 e. The zero-order valence-electron chi connectivity index (χ0n) is 21.8. The third-order valence-electron chi connectivity index (χ3n) is 5.27. The molecule has 0 radical (unpaired) electrons. The van der Waals surface area contributed by atoms with Crippen molar-refractivity contribution < 1.29 is 18.7 Å². The molecule has 0 aliphatic carbocycles. The van der Waals surface area contributed by atoms with Crippen molar-refractivity contribution in [1.29, 1.82) is 0 Å². The quantitative estimate of drug-likeness (QED) is 0.315. The molecular weight excluding hydrogens is 477 g/mol. The Morgan fingerprint density at radius 3 is 2.62 bits per heavy atom. The van der Waals surface area contributed by atoms with E-state index in [4.69, 9.17) is 4.74 Å². The molecular formula is C26H34FN7O3. The van der Waals surface area contributed by atoms with Crippen molar-refractivity contribution in [2.75, 3.05) is 43.4 Å². The fourth-order valence-corrected chi connectivity index (χ4v) is 3.51. The normalized spacial score (nSPS) is 12.9. The van der Waals surface area contributed by atoms with Gasteiger partial charge in [-0.15, -0.1) is 0 Å². The van der Waals surface area contributed by atoms with Gasteiger partial charge in [-0.1, -0.05) is 11.8 Å². The molecule has 1 aliphatic heterocycles. The molecule has 2 aromatic rings. The molecule has 1 saturated heterocycles. The summed E-state index contributed by atoms with van der Waals surface area (Å²) < 4.78 is 18.3. The van der Waals surface area contributed by atoms with E-state index in [0.29, 0.717) is 31.0 Å². The summed E-state index contributed by atoms with van der Waals surface area (Å²) in [5.74, 6) is 6.63. The first-order valence-electron chi connectivity index (χ1n) is 12.3. The van der Waals surface area contributed by atoms with Crippen molar-refractivity contribution in [2.24, 2.45) is 0 Å². The van der Waals surface area contributed by atoms with E-state index in [1.807, 2.05) is 0 Å². The van der Waals surface area contributed by atoms with Crippen LogP contribution in [-0.4, -0.2) is 70.7 Å². The van der Waals surface area contributed by atoms with E-state index < -0.39 is 17.6 Å². The van der Waals surface area contributed by atoms with Crippen molar-refractivity contribution in [2.45, 2.75) is 52.1 Å². The Balaban J connectivity index is 1.51. The average Bonchev–Trinajstić information content (AvgIpc) is 3.37. The van der Waals surface area contributed by atoms with E-state index in [0.717, 1.165) is 37.3 Å². The van der Waals surface area contributed by atoms with Gasteiger partial charge < -0.3 is 25.2 Å². The molecule has 2 aromatic heterocycles. The van der Waals surface area contributed by atoms with Crippen LogP contribution in [0, 0.1) is 17.8 Å². The van der Waals surface area contributed by atoms with E-state index in [9.17, 15) is 14.0 Å². The van der Waals surface area contributed by atoms with E-state index >= 15 is 0 Å². The van der Waals surface area contributed by atoms with Gasteiger partial charge in [0, 0.05) is 33.1 Å². The lowest BCUT2D eigenvalue weighted by Crippen LogP contribution is -2.41. The summed E-state index contributed by atoms with van der Waals surface area (Å²) in [7, 11) is 1.52. The van der Waals surface area contributed by atoms with Gasteiger partial charge in [-0.05, 0) is 52.2 Å². The third-order valence-corrected chi connectivity index (χ3v) is 5.27. The van der Waals surface area contributed by atoms with Crippen LogP contribution in [0.3, 0.4) is 0 Å². The topological polar surface area (TPSA) is 113 Å². The molecule has 10 nitrogen and oxygen atoms in total. The maximum atomic E-state index is 13.1. The number of ether oxygens (including phenoxy) is 1. The van der Waals surface area contributed by atoms with Crippen LogP contribution in [0.2, 0.25) is 0 Å². The number of unbranched alkanes of at least 4 members (excludes halogenated alkanes) is 1. The first-order valence-corrected chi connectivity index (χ1v) is 12.3. The molecule has 2 N–H and O–H groups in total. The smallest absolute Gasteiger partial charge is 0.410 e. The second kappa shape index (κ2) is 12.9. The summed E-state index contributed by atoms with van der Waals surface area (Å²) in [6, 6.07) is 2.84. The van der Waals surface area contributed by atoms with Crippen molar-refractivity contribution >= 4 is 29.5 Å². The number of carbonyl (C=O) groups is 2. The molecule has 1 aliphatic rings. The number of hydrogen-bond donors (Lipinski definition) is 2. The lowest BCUT2D eigenvalue weighted by atomic mass is 10.2. The number of nitrogens with one attached hydrogen (secondary N) is 2. The highest BCUT2D eigenvalue weighted by Crippen LogP contribution is 2.24.